The van der Waals surface area contributed by atoms with E-state index in [4.69, 9.17) is 21.1 Å². The molecule has 20 heavy (non-hydrogen) atoms. The fourth-order valence-electron chi connectivity index (χ4n) is 2.20. The van der Waals surface area contributed by atoms with E-state index in [9.17, 15) is 5.11 Å². The van der Waals surface area contributed by atoms with Crippen molar-refractivity contribution in [2.75, 3.05) is 20.8 Å². The van der Waals surface area contributed by atoms with E-state index in [0.29, 0.717) is 0 Å². The Bertz CT molecular complexity index is 443. The van der Waals surface area contributed by atoms with Gasteiger partial charge in [-0.25, -0.2) is 0 Å². The molecule has 0 heterocycles. The first-order valence-electron chi connectivity index (χ1n) is 6.74. The molecule has 112 valence electrons. The van der Waals surface area contributed by atoms with Gasteiger partial charge < -0.3 is 14.6 Å². The molecule has 0 unspecified atom stereocenters. The van der Waals surface area contributed by atoms with Crippen LogP contribution in [0.25, 0.3) is 0 Å². The molecule has 0 radical (unpaired) electrons. The number of aliphatic hydroxyl groups excluding tert-OH is 1. The predicted octanol–water partition coefficient (Wildman–Crippen LogP) is 4.09. The zero-order valence-corrected chi connectivity index (χ0v) is 13.1. The van der Waals surface area contributed by atoms with Crippen molar-refractivity contribution in [3.8, 4) is 11.5 Å². The summed E-state index contributed by atoms with van der Waals surface area (Å²) in [6.07, 6.45) is 2.60. The van der Waals surface area contributed by atoms with E-state index in [1.54, 1.807) is 19.8 Å². The van der Waals surface area contributed by atoms with E-state index in [2.05, 4.69) is 0 Å². The molecule has 0 aliphatic heterocycles. The maximum absolute atomic E-state index is 9.25. The van der Waals surface area contributed by atoms with Crippen molar-refractivity contribution >= 4 is 11.6 Å². The lowest BCUT2D eigenvalue weighted by Crippen LogP contribution is -2.03. The molecule has 0 spiro atoms. The Morgan fingerprint density at radius 2 is 1.95 bits per heavy atom. The second kappa shape index (κ2) is 8.88. The van der Waals surface area contributed by atoms with Gasteiger partial charge in [0.1, 0.15) is 0 Å². The summed E-state index contributed by atoms with van der Waals surface area (Å²) in [6, 6.07) is 5.92. The normalized spacial score (nSPS) is 13.2. The van der Waals surface area contributed by atoms with Crippen molar-refractivity contribution in [2.24, 2.45) is 0 Å². The zero-order chi connectivity index (χ0) is 15.0. The first-order chi connectivity index (χ1) is 9.65. The third-order valence-corrected chi connectivity index (χ3v) is 3.80. The molecular formula is C16H23ClO3. The summed E-state index contributed by atoms with van der Waals surface area (Å²) in [5.41, 5.74) is 3.92. The molecule has 0 bridgehead atoms. The van der Waals surface area contributed by atoms with Crippen LogP contribution in [0.2, 0.25) is 0 Å². The van der Waals surface area contributed by atoms with Gasteiger partial charge >= 0.3 is 0 Å². The smallest absolute Gasteiger partial charge is 0.160 e. The van der Waals surface area contributed by atoms with Crippen LogP contribution in [0.3, 0.4) is 0 Å². The summed E-state index contributed by atoms with van der Waals surface area (Å²) < 4.78 is 10.6. The molecule has 1 atom stereocenters. The third-order valence-electron chi connectivity index (χ3n) is 3.43. The summed E-state index contributed by atoms with van der Waals surface area (Å²) >= 11 is 5.70. The monoisotopic (exact) mass is 298 g/mol. The molecule has 1 rings (SSSR count). The number of rotatable bonds is 8. The third kappa shape index (κ3) is 4.73. The van der Waals surface area contributed by atoms with E-state index in [1.165, 1.54) is 0 Å². The van der Waals surface area contributed by atoms with E-state index in [-0.39, 0.29) is 12.5 Å². The van der Waals surface area contributed by atoms with Gasteiger partial charge in [-0.15, -0.1) is 0 Å². The van der Waals surface area contributed by atoms with Gasteiger partial charge in [-0.1, -0.05) is 23.2 Å². The molecule has 4 heteroatoms. The number of halogens is 1. The van der Waals surface area contributed by atoms with Crippen LogP contribution < -0.4 is 9.47 Å². The van der Waals surface area contributed by atoms with Gasteiger partial charge in [0.25, 0.3) is 0 Å². The number of methoxy groups -OCH3 is 2. The van der Waals surface area contributed by atoms with Crippen molar-refractivity contribution in [3.05, 3.63) is 34.9 Å². The fraction of sp³-hybridized carbons (Fsp3) is 0.500. The van der Waals surface area contributed by atoms with Crippen LogP contribution in [-0.2, 0) is 0 Å². The Labute approximate surface area is 126 Å². The minimum absolute atomic E-state index is 0.169. The average Bonchev–Trinajstić information content (AvgIpc) is 2.50. The van der Waals surface area contributed by atoms with Crippen LogP contribution in [0.5, 0.6) is 11.5 Å². The first-order valence-corrected chi connectivity index (χ1v) is 7.18. The number of ether oxygens (including phenoxy) is 2. The molecule has 0 aliphatic rings. The van der Waals surface area contributed by atoms with Gasteiger partial charge in [-0.3, -0.25) is 0 Å². The second-order valence-electron chi connectivity index (χ2n) is 4.82. The van der Waals surface area contributed by atoms with Crippen LogP contribution >= 0.6 is 11.6 Å². The predicted molar refractivity (Wildman–Crippen MR) is 82.8 cm³/mol. The summed E-state index contributed by atoms with van der Waals surface area (Å²) in [6.45, 7) is 2.18. The fourth-order valence-corrected chi connectivity index (χ4v) is 2.31. The molecule has 1 aromatic rings. The lowest BCUT2D eigenvalue weighted by molar-refractivity contribution is 0.272. The Morgan fingerprint density at radius 3 is 2.50 bits per heavy atom. The SMILES string of the molecule is COc1ccc([C@@H](CCO)CC/C(C)=C/Cl)cc1OC. The van der Waals surface area contributed by atoms with E-state index in [0.717, 1.165) is 41.9 Å². The number of hydrogen-bond donors (Lipinski definition) is 1. The molecule has 1 N–H and O–H groups in total. The highest BCUT2D eigenvalue weighted by molar-refractivity contribution is 6.25. The summed E-state index contributed by atoms with van der Waals surface area (Å²) in [5.74, 6) is 1.72. The highest BCUT2D eigenvalue weighted by Gasteiger charge is 2.14. The maximum atomic E-state index is 9.25. The van der Waals surface area contributed by atoms with Gasteiger partial charge in [0.2, 0.25) is 0 Å². The number of hydrogen-bond acceptors (Lipinski definition) is 3. The van der Waals surface area contributed by atoms with Crippen molar-refractivity contribution in [3.63, 3.8) is 0 Å². The minimum Gasteiger partial charge on any atom is -0.493 e. The Kier molecular flexibility index (Phi) is 7.48. The second-order valence-corrected chi connectivity index (χ2v) is 5.04. The quantitative estimate of drug-likeness (QED) is 0.785. The lowest BCUT2D eigenvalue weighted by atomic mass is 9.90. The Morgan fingerprint density at radius 1 is 1.25 bits per heavy atom. The molecule has 3 nitrogen and oxygen atoms in total. The minimum atomic E-state index is 0.169. The topological polar surface area (TPSA) is 38.7 Å². The zero-order valence-electron chi connectivity index (χ0n) is 12.4. The summed E-state index contributed by atoms with van der Waals surface area (Å²) in [5, 5.41) is 9.25. The van der Waals surface area contributed by atoms with Crippen molar-refractivity contribution in [2.45, 2.75) is 32.1 Å². The van der Waals surface area contributed by atoms with Crippen molar-refractivity contribution in [1.29, 1.82) is 0 Å². The Balaban J connectivity index is 2.90. The number of aliphatic hydroxyl groups is 1. The molecule has 0 amide bonds. The molecule has 0 aromatic heterocycles. The van der Waals surface area contributed by atoms with Crippen LogP contribution in [0.15, 0.2) is 29.3 Å². The molecule has 0 aliphatic carbocycles. The first kappa shape index (κ1) is 16.9. The van der Waals surface area contributed by atoms with E-state index < -0.39 is 0 Å². The maximum Gasteiger partial charge on any atom is 0.160 e. The average molecular weight is 299 g/mol. The van der Waals surface area contributed by atoms with Gasteiger partial charge in [-0.05, 0) is 49.8 Å². The summed E-state index contributed by atoms with van der Waals surface area (Å²) in [4.78, 5) is 0. The molecule has 0 saturated carbocycles. The number of benzene rings is 1. The highest BCUT2D eigenvalue weighted by Crippen LogP contribution is 2.34. The van der Waals surface area contributed by atoms with Gasteiger partial charge in [0.05, 0.1) is 14.2 Å². The van der Waals surface area contributed by atoms with Crippen LogP contribution in [0.4, 0.5) is 0 Å². The Hall–Kier alpha value is -1.19. The molecule has 0 fully saturated rings. The molecule has 0 saturated heterocycles. The lowest BCUT2D eigenvalue weighted by Gasteiger charge is -2.18. The molecular weight excluding hydrogens is 276 g/mol. The highest BCUT2D eigenvalue weighted by atomic mass is 35.5. The largest absolute Gasteiger partial charge is 0.493 e. The van der Waals surface area contributed by atoms with E-state index >= 15 is 0 Å². The molecule has 1 aromatic carbocycles. The standard InChI is InChI=1S/C16H23ClO3/c1-12(11-17)4-5-13(8-9-18)14-6-7-15(19-2)16(10-14)20-3/h6-7,10-11,13,18H,4-5,8-9H2,1-3H3/b12-11+/t13-/m1/s1. The van der Waals surface area contributed by atoms with Gasteiger partial charge in [-0.2, -0.15) is 0 Å². The summed E-state index contributed by atoms with van der Waals surface area (Å²) in [7, 11) is 3.25. The van der Waals surface area contributed by atoms with Crippen molar-refractivity contribution < 1.29 is 14.6 Å². The van der Waals surface area contributed by atoms with E-state index in [1.807, 2.05) is 25.1 Å². The number of allylic oxidation sites excluding steroid dienone is 1. The van der Waals surface area contributed by atoms with Crippen molar-refractivity contribution in [1.82, 2.24) is 0 Å². The van der Waals surface area contributed by atoms with Crippen LogP contribution in [-0.4, -0.2) is 25.9 Å². The van der Waals surface area contributed by atoms with Crippen LogP contribution in [0.1, 0.15) is 37.7 Å². The van der Waals surface area contributed by atoms with Gasteiger partial charge in [0.15, 0.2) is 11.5 Å². The van der Waals surface area contributed by atoms with Crippen LogP contribution in [0, 0.1) is 0 Å². The van der Waals surface area contributed by atoms with Gasteiger partial charge in [0, 0.05) is 12.1 Å².